The Balaban J connectivity index is 1.84. The van der Waals surface area contributed by atoms with Crippen molar-refractivity contribution in [2.45, 2.75) is 24.0 Å². The van der Waals surface area contributed by atoms with Gasteiger partial charge in [0.25, 0.3) is 0 Å². The first-order chi connectivity index (χ1) is 15.1. The molecule has 0 spiro atoms. The minimum absolute atomic E-state index is 0.0253. The Labute approximate surface area is 191 Å². The van der Waals surface area contributed by atoms with Crippen molar-refractivity contribution in [3.05, 3.63) is 41.9 Å². The molecule has 1 unspecified atom stereocenters. The van der Waals surface area contributed by atoms with Gasteiger partial charge in [0.15, 0.2) is 0 Å². The molecule has 0 aliphatic heterocycles. The van der Waals surface area contributed by atoms with E-state index in [4.69, 9.17) is 15.5 Å². The average molecular weight is 476 g/mol. The number of aromatic nitrogens is 2. The fraction of sp³-hybridized carbons (Fsp3) is 0.273. The number of fused-ring (bicyclic) bond motifs is 1. The van der Waals surface area contributed by atoms with Crippen LogP contribution >= 0.6 is 22.7 Å². The number of alkyl halides is 1. The molecule has 0 amide bonds. The Morgan fingerprint density at radius 1 is 1.26 bits per heavy atom. The highest BCUT2D eigenvalue weighted by Gasteiger charge is 2.25. The number of anilines is 1. The lowest BCUT2D eigenvalue weighted by Crippen LogP contribution is -2.06. The van der Waals surface area contributed by atoms with E-state index in [0.717, 1.165) is 44.9 Å². The molecule has 4 rings (SSSR count). The minimum atomic E-state index is -1.16. The summed E-state index contributed by atoms with van der Waals surface area (Å²) < 4.78 is 31.3. The summed E-state index contributed by atoms with van der Waals surface area (Å²) in [4.78, 5) is 9.93. The zero-order valence-corrected chi connectivity index (χ0v) is 19.4. The first kappa shape index (κ1) is 22.0. The van der Waals surface area contributed by atoms with E-state index in [1.54, 1.807) is 6.20 Å². The van der Waals surface area contributed by atoms with Crippen molar-refractivity contribution >= 4 is 49.8 Å². The van der Waals surface area contributed by atoms with Gasteiger partial charge >= 0.3 is 0 Å². The number of nitrogens with two attached hydrogens (primary N) is 1. The molecule has 1 aromatic carbocycles. The van der Waals surface area contributed by atoms with Crippen molar-refractivity contribution < 1.29 is 13.7 Å². The molecule has 3 heterocycles. The number of nitrogen functional groups attached to an aromatic ring is 1. The molecule has 0 aliphatic carbocycles. The van der Waals surface area contributed by atoms with Gasteiger partial charge in [0, 0.05) is 17.0 Å². The highest BCUT2D eigenvalue weighted by Crippen LogP contribution is 2.43. The van der Waals surface area contributed by atoms with Gasteiger partial charge < -0.3 is 15.0 Å². The summed E-state index contributed by atoms with van der Waals surface area (Å²) in [5.74, 6) is 1.19. The number of thiophene rings is 1. The Morgan fingerprint density at radius 3 is 2.74 bits per heavy atom. The summed E-state index contributed by atoms with van der Waals surface area (Å²) in [6.45, 7) is 1.57. The number of hydrogen-bond donors (Lipinski definition) is 1. The summed E-state index contributed by atoms with van der Waals surface area (Å²) in [5, 5.41) is 3.53. The Morgan fingerprint density at radius 2 is 2.06 bits per heavy atom. The van der Waals surface area contributed by atoms with Gasteiger partial charge in [0.05, 0.1) is 0 Å². The van der Waals surface area contributed by atoms with Crippen molar-refractivity contribution in [1.29, 1.82) is 0 Å². The zero-order chi connectivity index (χ0) is 21.8. The standard InChI is InChI=1S/C22H22FN3O2S3/c1-2-3-12-31(27)22-19(24)18-16(14-4-6-15(7-5-14)28-10-8-23)13-17(26-21(18)30-22)20-25-9-11-29-20/h4-7,9,11,13H,2-3,8,10,12,24H2,1H3. The largest absolute Gasteiger partial charge is 0.611 e. The average Bonchev–Trinajstić information content (AvgIpc) is 3.44. The van der Waals surface area contributed by atoms with Gasteiger partial charge in [0.2, 0.25) is 4.21 Å². The second-order valence-corrected chi connectivity index (χ2v) is 10.5. The van der Waals surface area contributed by atoms with Crippen LogP contribution in [0.2, 0.25) is 0 Å². The second kappa shape index (κ2) is 9.95. The van der Waals surface area contributed by atoms with Crippen LogP contribution < -0.4 is 10.5 Å². The minimum Gasteiger partial charge on any atom is -0.611 e. The maximum atomic E-state index is 12.9. The molecule has 3 aromatic heterocycles. The molecule has 31 heavy (non-hydrogen) atoms. The fourth-order valence-electron chi connectivity index (χ4n) is 3.21. The van der Waals surface area contributed by atoms with Crippen LogP contribution in [0.4, 0.5) is 10.1 Å². The van der Waals surface area contributed by atoms with Gasteiger partial charge in [-0.15, -0.1) is 11.3 Å². The lowest BCUT2D eigenvalue weighted by Gasteiger charge is -2.10. The summed E-state index contributed by atoms with van der Waals surface area (Å²) >= 11 is 1.75. The SMILES string of the molecule is CCCC[S+]([O-])c1sc2nc(-c3nccs3)cc(-c3ccc(OCCF)cc3)c2c1N. The van der Waals surface area contributed by atoms with E-state index in [-0.39, 0.29) is 6.61 Å². The molecule has 5 nitrogen and oxygen atoms in total. The lowest BCUT2D eigenvalue weighted by atomic mass is 10.0. The van der Waals surface area contributed by atoms with E-state index in [2.05, 4.69) is 11.9 Å². The van der Waals surface area contributed by atoms with Crippen molar-refractivity contribution in [3.63, 3.8) is 0 Å². The van der Waals surface area contributed by atoms with Gasteiger partial charge in [0.1, 0.15) is 46.0 Å². The second-order valence-electron chi connectivity index (χ2n) is 6.84. The monoisotopic (exact) mass is 475 g/mol. The third kappa shape index (κ3) is 4.69. The molecular formula is C22H22FN3O2S3. The maximum absolute atomic E-state index is 12.9. The molecule has 2 N–H and O–H groups in total. The van der Waals surface area contributed by atoms with Crippen molar-refractivity contribution in [2.75, 3.05) is 24.8 Å². The predicted molar refractivity (Wildman–Crippen MR) is 128 cm³/mol. The van der Waals surface area contributed by atoms with Gasteiger partial charge in [-0.25, -0.2) is 14.4 Å². The molecule has 0 saturated heterocycles. The predicted octanol–water partition coefficient (Wildman–Crippen LogP) is 5.93. The fourth-order valence-corrected chi connectivity index (χ4v) is 6.61. The maximum Gasteiger partial charge on any atom is 0.232 e. The van der Waals surface area contributed by atoms with Crippen LogP contribution in [0.15, 0.2) is 46.1 Å². The molecule has 4 aromatic rings. The lowest BCUT2D eigenvalue weighted by molar-refractivity contribution is 0.273. The van der Waals surface area contributed by atoms with Crippen LogP contribution in [0, 0.1) is 0 Å². The highest BCUT2D eigenvalue weighted by molar-refractivity contribution is 7.93. The van der Waals surface area contributed by atoms with Crippen LogP contribution in [-0.4, -0.2) is 33.6 Å². The van der Waals surface area contributed by atoms with E-state index >= 15 is 0 Å². The highest BCUT2D eigenvalue weighted by atomic mass is 32.2. The normalized spacial score (nSPS) is 12.4. The van der Waals surface area contributed by atoms with Crippen molar-refractivity contribution in [3.8, 4) is 27.6 Å². The summed E-state index contributed by atoms with van der Waals surface area (Å²) in [5.41, 5.74) is 9.62. The Bertz CT molecular complexity index is 1150. The Kier molecular flexibility index (Phi) is 7.06. The molecule has 162 valence electrons. The van der Waals surface area contributed by atoms with Crippen LogP contribution in [0.5, 0.6) is 5.75 Å². The quantitative estimate of drug-likeness (QED) is 0.304. The number of rotatable bonds is 9. The molecule has 0 saturated carbocycles. The van der Waals surface area contributed by atoms with Gasteiger partial charge in [-0.1, -0.05) is 36.8 Å². The number of halogens is 1. The first-order valence-electron chi connectivity index (χ1n) is 9.92. The van der Waals surface area contributed by atoms with Crippen LogP contribution in [0.3, 0.4) is 0 Å². The van der Waals surface area contributed by atoms with E-state index in [0.29, 0.717) is 21.4 Å². The third-order valence-corrected chi connectivity index (χ3v) is 8.51. The summed E-state index contributed by atoms with van der Waals surface area (Å²) in [7, 11) is 0. The van der Waals surface area contributed by atoms with Crippen molar-refractivity contribution in [1.82, 2.24) is 9.97 Å². The number of hydrogen-bond acceptors (Lipinski definition) is 7. The molecule has 0 fully saturated rings. The summed E-state index contributed by atoms with van der Waals surface area (Å²) in [6, 6.07) is 9.42. The number of ether oxygens (including phenoxy) is 1. The number of unbranched alkanes of at least 4 members (excludes halogenated alkanes) is 1. The van der Waals surface area contributed by atoms with Gasteiger partial charge in [-0.2, -0.15) is 0 Å². The number of thiazole rings is 1. The molecule has 0 bridgehead atoms. The third-order valence-electron chi connectivity index (χ3n) is 4.72. The molecule has 0 radical (unpaired) electrons. The number of pyridine rings is 1. The van der Waals surface area contributed by atoms with Crippen molar-refractivity contribution in [2.24, 2.45) is 0 Å². The zero-order valence-electron chi connectivity index (χ0n) is 17.0. The van der Waals surface area contributed by atoms with E-state index in [1.807, 2.05) is 35.7 Å². The van der Waals surface area contributed by atoms with E-state index in [9.17, 15) is 8.94 Å². The topological polar surface area (TPSA) is 84.1 Å². The number of benzene rings is 1. The molecular weight excluding hydrogens is 453 g/mol. The van der Waals surface area contributed by atoms with Crippen LogP contribution in [0.25, 0.3) is 32.0 Å². The van der Waals surface area contributed by atoms with Crippen LogP contribution in [0.1, 0.15) is 19.8 Å². The van der Waals surface area contributed by atoms with Crippen LogP contribution in [-0.2, 0) is 11.2 Å². The first-order valence-corrected chi connectivity index (χ1v) is 12.9. The van der Waals surface area contributed by atoms with E-state index < -0.39 is 17.9 Å². The molecule has 1 atom stereocenters. The Hall–Kier alpha value is -2.20. The molecule has 0 aliphatic rings. The summed E-state index contributed by atoms with van der Waals surface area (Å²) in [6.07, 6.45) is 3.60. The molecule has 9 heteroatoms. The van der Waals surface area contributed by atoms with Gasteiger partial charge in [-0.05, 0) is 46.9 Å². The van der Waals surface area contributed by atoms with Gasteiger partial charge in [-0.3, -0.25) is 0 Å². The smallest absolute Gasteiger partial charge is 0.232 e. The van der Waals surface area contributed by atoms with E-state index in [1.165, 1.54) is 22.7 Å². The number of nitrogens with zero attached hydrogens (tertiary/aromatic N) is 2.